The maximum absolute atomic E-state index is 12.5. The summed E-state index contributed by atoms with van der Waals surface area (Å²) in [5.41, 5.74) is 0.445. The third-order valence-corrected chi connectivity index (χ3v) is 4.49. The van der Waals surface area contributed by atoms with Crippen molar-refractivity contribution < 1.29 is 27.4 Å². The van der Waals surface area contributed by atoms with Gasteiger partial charge in [0.05, 0.1) is 24.8 Å². The Kier molecular flexibility index (Phi) is 6.39. The van der Waals surface area contributed by atoms with E-state index in [1.54, 1.807) is 17.0 Å². The van der Waals surface area contributed by atoms with Crippen LogP contribution >= 0.6 is 0 Å². The van der Waals surface area contributed by atoms with E-state index in [1.807, 2.05) is 20.8 Å². The molecule has 5 nitrogen and oxygen atoms in total. The third-order valence-electron chi connectivity index (χ3n) is 4.49. The van der Waals surface area contributed by atoms with Gasteiger partial charge in [0, 0.05) is 6.54 Å². The van der Waals surface area contributed by atoms with Crippen LogP contribution in [0.5, 0.6) is 5.75 Å². The second-order valence-corrected chi connectivity index (χ2v) is 6.72. The van der Waals surface area contributed by atoms with Crippen LogP contribution in [0.1, 0.15) is 38.8 Å². The number of rotatable bonds is 5. The highest BCUT2D eigenvalue weighted by atomic mass is 19.4. The van der Waals surface area contributed by atoms with E-state index in [0.717, 1.165) is 12.0 Å². The summed E-state index contributed by atoms with van der Waals surface area (Å²) in [4.78, 5) is 14.2. The highest BCUT2D eigenvalue weighted by molar-refractivity contribution is 5.75. The Balaban J connectivity index is 1.90. The van der Waals surface area contributed by atoms with Crippen molar-refractivity contribution in [2.75, 3.05) is 26.3 Å². The summed E-state index contributed by atoms with van der Waals surface area (Å²) in [6, 6.07) is 5.75. The lowest BCUT2D eigenvalue weighted by Gasteiger charge is -2.40. The van der Waals surface area contributed by atoms with E-state index in [0.29, 0.717) is 19.7 Å². The molecule has 0 spiro atoms. The summed E-state index contributed by atoms with van der Waals surface area (Å²) in [7, 11) is 0. The Hall–Kier alpha value is -1.96. The zero-order valence-corrected chi connectivity index (χ0v) is 15.2. The van der Waals surface area contributed by atoms with Gasteiger partial charge in [-0.2, -0.15) is 13.2 Å². The first-order valence-electron chi connectivity index (χ1n) is 8.61. The van der Waals surface area contributed by atoms with Crippen LogP contribution in [0, 0.1) is 0 Å². The summed E-state index contributed by atoms with van der Waals surface area (Å²) in [5.74, 6) is 0.136. The molecule has 2 atom stereocenters. The second kappa shape index (κ2) is 8.16. The Morgan fingerprint density at radius 2 is 2.04 bits per heavy atom. The van der Waals surface area contributed by atoms with Gasteiger partial charge in [-0.25, -0.2) is 4.79 Å². The van der Waals surface area contributed by atoms with E-state index in [2.05, 4.69) is 10.1 Å². The number of amides is 2. The van der Waals surface area contributed by atoms with Crippen molar-refractivity contribution in [3.63, 3.8) is 0 Å². The standard InChI is InChI=1S/C18H25F3N2O3/c1-4-17(3)11-23(9-10-26-17)16(24)22-13(2)14-5-7-15(8-6-14)25-12-18(19,20)21/h5-8,13H,4,9-12H2,1-3H3,(H,22,24). The van der Waals surface area contributed by atoms with Gasteiger partial charge in [0.2, 0.25) is 0 Å². The van der Waals surface area contributed by atoms with Crippen LogP contribution in [0.15, 0.2) is 24.3 Å². The molecule has 1 N–H and O–H groups in total. The summed E-state index contributed by atoms with van der Waals surface area (Å²) < 4.78 is 46.9. The van der Waals surface area contributed by atoms with Crippen LogP contribution in [-0.2, 0) is 4.74 Å². The molecule has 2 unspecified atom stereocenters. The van der Waals surface area contributed by atoms with E-state index >= 15 is 0 Å². The monoisotopic (exact) mass is 374 g/mol. The lowest BCUT2D eigenvalue weighted by Crippen LogP contribution is -2.54. The van der Waals surface area contributed by atoms with E-state index < -0.39 is 12.8 Å². The molecule has 1 fully saturated rings. The summed E-state index contributed by atoms with van der Waals surface area (Å²) >= 11 is 0. The van der Waals surface area contributed by atoms with Crippen molar-refractivity contribution in [1.82, 2.24) is 10.2 Å². The largest absolute Gasteiger partial charge is 0.484 e. The molecule has 0 radical (unpaired) electrons. The molecule has 2 rings (SSSR count). The molecule has 2 amide bonds. The second-order valence-electron chi connectivity index (χ2n) is 6.72. The molecule has 1 aliphatic heterocycles. The lowest BCUT2D eigenvalue weighted by atomic mass is 10.0. The highest BCUT2D eigenvalue weighted by Crippen LogP contribution is 2.23. The summed E-state index contributed by atoms with van der Waals surface area (Å²) in [6.45, 7) is 6.04. The molecular weight excluding hydrogens is 349 g/mol. The first kappa shape index (κ1) is 20.4. The fourth-order valence-electron chi connectivity index (χ4n) is 2.70. The number of ether oxygens (including phenoxy) is 2. The number of nitrogens with one attached hydrogen (secondary N) is 1. The van der Waals surface area contributed by atoms with Gasteiger partial charge in [0.1, 0.15) is 5.75 Å². The number of benzene rings is 1. The van der Waals surface area contributed by atoms with Gasteiger partial charge in [-0.05, 0) is 38.0 Å². The number of halogens is 3. The van der Waals surface area contributed by atoms with Gasteiger partial charge in [-0.15, -0.1) is 0 Å². The van der Waals surface area contributed by atoms with Crippen LogP contribution in [0.25, 0.3) is 0 Å². The van der Waals surface area contributed by atoms with Crippen LogP contribution in [0.3, 0.4) is 0 Å². The Morgan fingerprint density at radius 3 is 2.62 bits per heavy atom. The maximum atomic E-state index is 12.5. The van der Waals surface area contributed by atoms with E-state index in [1.165, 1.54) is 12.1 Å². The number of urea groups is 1. The van der Waals surface area contributed by atoms with Gasteiger partial charge >= 0.3 is 12.2 Å². The number of hydrogen-bond acceptors (Lipinski definition) is 3. The van der Waals surface area contributed by atoms with Crippen molar-refractivity contribution in [3.05, 3.63) is 29.8 Å². The topological polar surface area (TPSA) is 50.8 Å². The average Bonchev–Trinajstić information content (AvgIpc) is 2.59. The molecule has 8 heteroatoms. The van der Waals surface area contributed by atoms with Gasteiger partial charge in [0.15, 0.2) is 6.61 Å². The van der Waals surface area contributed by atoms with Crippen LogP contribution < -0.4 is 10.1 Å². The fourth-order valence-corrected chi connectivity index (χ4v) is 2.70. The molecule has 0 aliphatic carbocycles. The highest BCUT2D eigenvalue weighted by Gasteiger charge is 2.33. The summed E-state index contributed by atoms with van der Waals surface area (Å²) in [5, 5.41) is 2.91. The minimum absolute atomic E-state index is 0.136. The maximum Gasteiger partial charge on any atom is 0.422 e. The van der Waals surface area contributed by atoms with Crippen LogP contribution in [0.2, 0.25) is 0 Å². The van der Waals surface area contributed by atoms with Crippen LogP contribution in [-0.4, -0.2) is 49.0 Å². The fraction of sp³-hybridized carbons (Fsp3) is 0.611. The van der Waals surface area contributed by atoms with Gasteiger partial charge in [-0.1, -0.05) is 19.1 Å². The van der Waals surface area contributed by atoms with Gasteiger partial charge in [0.25, 0.3) is 0 Å². The van der Waals surface area contributed by atoms with Gasteiger partial charge in [-0.3, -0.25) is 0 Å². The number of alkyl halides is 3. The molecule has 0 aromatic heterocycles. The van der Waals surface area contributed by atoms with Crippen molar-refractivity contribution in [2.45, 2.75) is 45.0 Å². The normalized spacial score (nSPS) is 22.0. The Labute approximate surface area is 151 Å². The summed E-state index contributed by atoms with van der Waals surface area (Å²) in [6.07, 6.45) is -3.56. The first-order valence-corrected chi connectivity index (χ1v) is 8.61. The van der Waals surface area contributed by atoms with Crippen molar-refractivity contribution in [1.29, 1.82) is 0 Å². The Morgan fingerprint density at radius 1 is 1.38 bits per heavy atom. The van der Waals surface area contributed by atoms with E-state index in [4.69, 9.17) is 4.74 Å². The third kappa shape index (κ3) is 5.79. The minimum atomic E-state index is -4.37. The molecular formula is C18H25F3N2O3. The number of hydrogen-bond donors (Lipinski definition) is 1. The smallest absolute Gasteiger partial charge is 0.422 e. The molecule has 1 aliphatic rings. The quantitative estimate of drug-likeness (QED) is 0.851. The predicted molar refractivity (Wildman–Crippen MR) is 91.2 cm³/mol. The number of carbonyl (C=O) groups excluding carboxylic acids is 1. The Bertz CT molecular complexity index is 607. The lowest BCUT2D eigenvalue weighted by molar-refractivity contribution is -0.153. The van der Waals surface area contributed by atoms with E-state index in [-0.39, 0.29) is 23.4 Å². The molecule has 0 bridgehead atoms. The molecule has 1 aromatic carbocycles. The molecule has 0 saturated carbocycles. The molecule has 1 heterocycles. The zero-order valence-electron chi connectivity index (χ0n) is 15.2. The molecule has 1 aromatic rings. The number of morpholine rings is 1. The molecule has 146 valence electrons. The zero-order chi connectivity index (χ0) is 19.4. The first-order chi connectivity index (χ1) is 12.1. The molecule has 1 saturated heterocycles. The predicted octanol–water partition coefficient (Wildman–Crippen LogP) is 3.90. The van der Waals surface area contributed by atoms with Crippen molar-refractivity contribution in [3.8, 4) is 5.75 Å². The number of nitrogens with zero attached hydrogens (tertiary/aromatic N) is 1. The average molecular weight is 374 g/mol. The van der Waals surface area contributed by atoms with Crippen molar-refractivity contribution >= 4 is 6.03 Å². The number of carbonyl (C=O) groups is 1. The molecule has 26 heavy (non-hydrogen) atoms. The minimum Gasteiger partial charge on any atom is -0.484 e. The van der Waals surface area contributed by atoms with Crippen LogP contribution in [0.4, 0.5) is 18.0 Å². The van der Waals surface area contributed by atoms with E-state index in [9.17, 15) is 18.0 Å². The van der Waals surface area contributed by atoms with Crippen molar-refractivity contribution in [2.24, 2.45) is 0 Å². The van der Waals surface area contributed by atoms with Gasteiger partial charge < -0.3 is 19.7 Å². The SMILES string of the molecule is CCC1(C)CN(C(=O)NC(C)c2ccc(OCC(F)(F)F)cc2)CCO1.